The lowest BCUT2D eigenvalue weighted by Gasteiger charge is -2.40. The quantitative estimate of drug-likeness (QED) is 0.264. The van der Waals surface area contributed by atoms with Gasteiger partial charge in [-0.2, -0.15) is 0 Å². The molecule has 0 unspecified atom stereocenters. The van der Waals surface area contributed by atoms with Crippen LogP contribution in [0.25, 0.3) is 0 Å². The summed E-state index contributed by atoms with van der Waals surface area (Å²) in [6.07, 6.45) is 0. The van der Waals surface area contributed by atoms with Crippen molar-refractivity contribution in [1.29, 1.82) is 0 Å². The summed E-state index contributed by atoms with van der Waals surface area (Å²) >= 11 is 3.41. The molecule has 0 saturated carbocycles. The molecule has 0 atom stereocenters. The van der Waals surface area contributed by atoms with E-state index in [0.717, 1.165) is 4.47 Å². The molecule has 0 aromatic heterocycles. The fourth-order valence-electron chi connectivity index (χ4n) is 4.98. The minimum absolute atomic E-state index is 0.0855. The van der Waals surface area contributed by atoms with Crippen molar-refractivity contribution in [3.63, 3.8) is 0 Å². The maximum atomic E-state index is 13.6. The fourth-order valence-corrected chi connectivity index (χ4v) is 6.68. The summed E-state index contributed by atoms with van der Waals surface area (Å²) in [6, 6.07) is 36.1. The van der Waals surface area contributed by atoms with Gasteiger partial charge in [-0.3, -0.25) is 14.0 Å². The highest BCUT2D eigenvalue weighted by Gasteiger charge is 2.32. The molecular weight excluding hydrogens is 574 g/mol. The Labute approximate surface area is 238 Å². The summed E-state index contributed by atoms with van der Waals surface area (Å²) < 4.78 is 29.3. The van der Waals surface area contributed by atoms with E-state index in [2.05, 4.69) is 69.4 Å². The Balaban J connectivity index is 1.34. The van der Waals surface area contributed by atoms with Gasteiger partial charge >= 0.3 is 0 Å². The molecule has 4 aromatic carbocycles. The molecule has 8 heteroatoms. The molecule has 0 aliphatic carbocycles. The topological polar surface area (TPSA) is 60.9 Å². The maximum absolute atomic E-state index is 13.6. The number of piperazine rings is 1. The first-order valence-electron chi connectivity index (χ1n) is 12.9. The summed E-state index contributed by atoms with van der Waals surface area (Å²) in [5.41, 5.74) is 2.86. The minimum atomic E-state index is -3.94. The lowest BCUT2D eigenvalue weighted by molar-refractivity contribution is -0.131. The van der Waals surface area contributed by atoms with Crippen molar-refractivity contribution in [3.8, 4) is 0 Å². The lowest BCUT2D eigenvalue weighted by Crippen LogP contribution is -2.52. The normalized spacial score (nSPS) is 14.4. The molecule has 39 heavy (non-hydrogen) atoms. The van der Waals surface area contributed by atoms with E-state index in [4.69, 9.17) is 0 Å². The van der Waals surface area contributed by atoms with Gasteiger partial charge in [-0.05, 0) is 47.5 Å². The largest absolute Gasteiger partial charge is 0.339 e. The number of carbonyl (C=O) groups is 1. The average molecular weight is 605 g/mol. The third kappa shape index (κ3) is 6.24. The smallest absolute Gasteiger partial charge is 0.264 e. The Kier molecular flexibility index (Phi) is 8.45. The van der Waals surface area contributed by atoms with E-state index >= 15 is 0 Å². The van der Waals surface area contributed by atoms with Gasteiger partial charge in [-0.15, -0.1) is 0 Å². The highest BCUT2D eigenvalue weighted by atomic mass is 79.9. The van der Waals surface area contributed by atoms with Gasteiger partial charge in [0.25, 0.3) is 10.0 Å². The molecule has 0 N–H and O–H groups in total. The van der Waals surface area contributed by atoms with Gasteiger partial charge in [-0.25, -0.2) is 8.42 Å². The van der Waals surface area contributed by atoms with Gasteiger partial charge in [0, 0.05) is 30.7 Å². The van der Waals surface area contributed by atoms with E-state index in [1.165, 1.54) is 15.4 Å². The zero-order valence-electron chi connectivity index (χ0n) is 21.4. The first-order valence-corrected chi connectivity index (χ1v) is 15.1. The van der Waals surface area contributed by atoms with E-state index in [-0.39, 0.29) is 23.4 Å². The number of carbonyl (C=O) groups excluding carboxylic acids is 1. The monoisotopic (exact) mass is 603 g/mol. The van der Waals surface area contributed by atoms with Crippen LogP contribution >= 0.6 is 15.9 Å². The number of amides is 1. The summed E-state index contributed by atoms with van der Waals surface area (Å²) in [4.78, 5) is 17.9. The molecule has 1 aliphatic heterocycles. The Bertz CT molecular complexity index is 1440. The molecule has 200 valence electrons. The molecular formula is C31H30BrN3O3S. The SMILES string of the molecule is O=C(CN(c1ccc(Br)cc1)S(=O)(=O)c1ccccc1)N1CCN(C(c2ccccc2)c2ccccc2)CC1. The standard InChI is InChI=1S/C31H30BrN3O3S/c32-27-16-18-28(19-17-27)35(39(37,38)29-14-8-3-9-15-29)24-30(36)33-20-22-34(23-21-33)31(25-10-4-1-5-11-25)26-12-6-2-7-13-26/h1-19,31H,20-24H2. The summed E-state index contributed by atoms with van der Waals surface area (Å²) in [7, 11) is -3.94. The second-order valence-electron chi connectivity index (χ2n) is 9.44. The average Bonchev–Trinajstić information content (AvgIpc) is 2.98. The van der Waals surface area contributed by atoms with Crippen LogP contribution in [0.2, 0.25) is 0 Å². The second-order valence-corrected chi connectivity index (χ2v) is 12.2. The van der Waals surface area contributed by atoms with Crippen molar-refractivity contribution in [2.24, 2.45) is 0 Å². The van der Waals surface area contributed by atoms with Crippen molar-refractivity contribution in [2.75, 3.05) is 37.0 Å². The molecule has 0 bridgehead atoms. The van der Waals surface area contributed by atoms with Gasteiger partial charge in [0.2, 0.25) is 5.91 Å². The first-order chi connectivity index (χ1) is 18.9. The van der Waals surface area contributed by atoms with E-state index in [1.807, 2.05) is 12.1 Å². The molecule has 0 spiro atoms. The zero-order valence-corrected chi connectivity index (χ0v) is 23.8. The highest BCUT2D eigenvalue weighted by Crippen LogP contribution is 2.30. The van der Waals surface area contributed by atoms with E-state index in [1.54, 1.807) is 59.5 Å². The Morgan fingerprint density at radius 1 is 0.718 bits per heavy atom. The summed E-state index contributed by atoms with van der Waals surface area (Å²) in [5, 5.41) is 0. The number of hydrogen-bond donors (Lipinski definition) is 0. The number of halogens is 1. The molecule has 5 rings (SSSR count). The van der Waals surface area contributed by atoms with Gasteiger partial charge in [0.1, 0.15) is 6.54 Å². The number of hydrogen-bond acceptors (Lipinski definition) is 4. The number of rotatable bonds is 8. The number of nitrogens with zero attached hydrogens (tertiary/aromatic N) is 3. The van der Waals surface area contributed by atoms with Crippen LogP contribution in [0, 0.1) is 0 Å². The van der Waals surface area contributed by atoms with Crippen molar-refractivity contribution >= 4 is 37.5 Å². The van der Waals surface area contributed by atoms with Crippen LogP contribution in [0.1, 0.15) is 17.2 Å². The zero-order chi connectivity index (χ0) is 27.2. The Hall–Kier alpha value is -3.46. The van der Waals surface area contributed by atoms with Crippen LogP contribution in [-0.2, 0) is 14.8 Å². The summed E-state index contributed by atoms with van der Waals surface area (Å²) in [5.74, 6) is -0.215. The van der Waals surface area contributed by atoms with Crippen LogP contribution in [-0.4, -0.2) is 56.8 Å². The van der Waals surface area contributed by atoms with Crippen molar-refractivity contribution in [1.82, 2.24) is 9.80 Å². The third-order valence-corrected chi connectivity index (χ3v) is 9.30. The highest BCUT2D eigenvalue weighted by molar-refractivity contribution is 9.10. The predicted molar refractivity (Wildman–Crippen MR) is 158 cm³/mol. The van der Waals surface area contributed by atoms with Gasteiger partial charge in [0.15, 0.2) is 0 Å². The molecule has 0 radical (unpaired) electrons. The first kappa shape index (κ1) is 27.1. The maximum Gasteiger partial charge on any atom is 0.264 e. The molecule has 1 heterocycles. The van der Waals surface area contributed by atoms with E-state index in [9.17, 15) is 13.2 Å². The second kappa shape index (κ2) is 12.2. The van der Waals surface area contributed by atoms with Gasteiger partial charge < -0.3 is 4.90 Å². The van der Waals surface area contributed by atoms with E-state index < -0.39 is 10.0 Å². The third-order valence-electron chi connectivity index (χ3n) is 6.99. The number of sulfonamides is 1. The predicted octanol–water partition coefficient (Wildman–Crippen LogP) is 5.58. The lowest BCUT2D eigenvalue weighted by atomic mass is 9.96. The van der Waals surface area contributed by atoms with Crippen LogP contribution < -0.4 is 4.31 Å². The Morgan fingerprint density at radius 2 is 1.21 bits per heavy atom. The Morgan fingerprint density at radius 3 is 1.72 bits per heavy atom. The minimum Gasteiger partial charge on any atom is -0.339 e. The van der Waals surface area contributed by atoms with Crippen molar-refractivity contribution in [2.45, 2.75) is 10.9 Å². The van der Waals surface area contributed by atoms with Crippen molar-refractivity contribution < 1.29 is 13.2 Å². The molecule has 1 saturated heterocycles. The number of anilines is 1. The van der Waals surface area contributed by atoms with Crippen LogP contribution in [0.5, 0.6) is 0 Å². The van der Waals surface area contributed by atoms with Crippen LogP contribution in [0.3, 0.4) is 0 Å². The van der Waals surface area contributed by atoms with Crippen LogP contribution in [0.4, 0.5) is 5.69 Å². The summed E-state index contributed by atoms with van der Waals surface area (Å²) in [6.45, 7) is 2.15. The molecule has 1 amide bonds. The molecule has 4 aromatic rings. The van der Waals surface area contributed by atoms with Crippen molar-refractivity contribution in [3.05, 3.63) is 131 Å². The van der Waals surface area contributed by atoms with Gasteiger partial charge in [-0.1, -0.05) is 94.8 Å². The van der Waals surface area contributed by atoms with Gasteiger partial charge in [0.05, 0.1) is 16.6 Å². The van der Waals surface area contributed by atoms with Crippen LogP contribution in [0.15, 0.2) is 125 Å². The molecule has 1 aliphatic rings. The fraction of sp³-hybridized carbons (Fsp3) is 0.194. The van der Waals surface area contributed by atoms with E-state index in [0.29, 0.717) is 31.9 Å². The molecule has 1 fully saturated rings. The molecule has 6 nitrogen and oxygen atoms in total. The number of benzene rings is 4.